The van der Waals surface area contributed by atoms with Crippen molar-refractivity contribution in [3.05, 3.63) is 39.8 Å². The number of halogens is 2. The molecule has 1 nitrogen and oxygen atoms in total. The molecule has 0 spiro atoms. The van der Waals surface area contributed by atoms with E-state index in [1.807, 2.05) is 12.1 Å². The van der Waals surface area contributed by atoms with Crippen LogP contribution in [0.2, 0.25) is 10.0 Å². The number of hydrogen-bond donors (Lipinski definition) is 0. The second kappa shape index (κ2) is 3.66. The van der Waals surface area contributed by atoms with E-state index in [-0.39, 0.29) is 0 Å². The molecular formula is C9H4Cl2NS. The second-order valence-electron chi connectivity index (χ2n) is 2.44. The van der Waals surface area contributed by atoms with E-state index in [1.165, 1.54) is 11.3 Å². The van der Waals surface area contributed by atoms with E-state index >= 15 is 0 Å². The summed E-state index contributed by atoms with van der Waals surface area (Å²) < 4.78 is 0. The first-order valence-corrected chi connectivity index (χ1v) is 5.11. The van der Waals surface area contributed by atoms with Gasteiger partial charge in [0.05, 0.1) is 5.38 Å². The molecule has 0 saturated heterocycles. The molecule has 0 bridgehead atoms. The van der Waals surface area contributed by atoms with Gasteiger partial charge < -0.3 is 0 Å². The lowest BCUT2D eigenvalue weighted by molar-refractivity contribution is 1.41. The van der Waals surface area contributed by atoms with Gasteiger partial charge in [0.25, 0.3) is 0 Å². The number of benzene rings is 1. The van der Waals surface area contributed by atoms with Crippen LogP contribution in [0, 0.1) is 5.38 Å². The van der Waals surface area contributed by atoms with Crippen LogP contribution in [0.15, 0.2) is 24.4 Å². The Balaban J connectivity index is 2.53. The van der Waals surface area contributed by atoms with Crippen molar-refractivity contribution in [2.24, 2.45) is 0 Å². The summed E-state index contributed by atoms with van der Waals surface area (Å²) in [6.07, 6.45) is 1.63. The molecule has 2 rings (SSSR count). The maximum atomic E-state index is 5.85. The first-order chi connectivity index (χ1) is 6.25. The van der Waals surface area contributed by atoms with Crippen LogP contribution in [0.25, 0.3) is 10.6 Å². The van der Waals surface area contributed by atoms with Crippen LogP contribution >= 0.6 is 34.5 Å². The van der Waals surface area contributed by atoms with E-state index in [9.17, 15) is 0 Å². The molecule has 4 heteroatoms. The fourth-order valence-corrected chi connectivity index (χ4v) is 2.09. The van der Waals surface area contributed by atoms with Crippen molar-refractivity contribution in [2.75, 3.05) is 0 Å². The molecule has 0 saturated carbocycles. The van der Waals surface area contributed by atoms with Crippen molar-refractivity contribution >= 4 is 34.5 Å². The summed E-state index contributed by atoms with van der Waals surface area (Å²) in [6, 6.07) is 5.37. The fourth-order valence-electron chi connectivity index (χ4n) is 1.00. The summed E-state index contributed by atoms with van der Waals surface area (Å²) in [4.78, 5) is 4.11. The Labute approximate surface area is 90.0 Å². The zero-order valence-electron chi connectivity index (χ0n) is 6.42. The Morgan fingerprint density at radius 2 is 1.85 bits per heavy atom. The van der Waals surface area contributed by atoms with Gasteiger partial charge >= 0.3 is 0 Å². The Morgan fingerprint density at radius 3 is 2.38 bits per heavy atom. The molecule has 1 aromatic carbocycles. The fraction of sp³-hybridized carbons (Fsp3) is 0. The molecule has 0 aliphatic heterocycles. The monoisotopic (exact) mass is 228 g/mol. The number of thiazole rings is 1. The van der Waals surface area contributed by atoms with Crippen molar-refractivity contribution in [1.29, 1.82) is 0 Å². The molecule has 13 heavy (non-hydrogen) atoms. The summed E-state index contributed by atoms with van der Waals surface area (Å²) in [7, 11) is 0. The second-order valence-corrected chi connectivity index (χ2v) is 4.14. The largest absolute Gasteiger partial charge is 0.244 e. The first kappa shape index (κ1) is 9.00. The lowest BCUT2D eigenvalue weighted by atomic mass is 10.2. The summed E-state index contributed by atoms with van der Waals surface area (Å²) in [6.45, 7) is 0. The van der Waals surface area contributed by atoms with Gasteiger partial charge in [0.15, 0.2) is 0 Å². The van der Waals surface area contributed by atoms with E-state index in [4.69, 9.17) is 23.2 Å². The SMILES string of the molecule is Clc1cc(Cl)cc(-c2nc[c]s2)c1. The van der Waals surface area contributed by atoms with Gasteiger partial charge in [-0.1, -0.05) is 23.2 Å². The van der Waals surface area contributed by atoms with E-state index in [0.29, 0.717) is 10.0 Å². The van der Waals surface area contributed by atoms with Crippen LogP contribution < -0.4 is 0 Å². The highest BCUT2D eigenvalue weighted by Gasteiger charge is 2.02. The smallest absolute Gasteiger partial charge is 0.124 e. The highest BCUT2D eigenvalue weighted by atomic mass is 35.5. The molecule has 1 aromatic heterocycles. The van der Waals surface area contributed by atoms with Gasteiger partial charge in [-0.2, -0.15) is 0 Å². The molecule has 0 atom stereocenters. The van der Waals surface area contributed by atoms with E-state index in [0.717, 1.165) is 10.6 Å². The standard InChI is InChI=1S/C9H4Cl2NS/c10-7-3-6(4-8(11)5-7)9-12-1-2-13-9/h1,3-5H. The highest BCUT2D eigenvalue weighted by molar-refractivity contribution is 7.12. The van der Waals surface area contributed by atoms with Gasteiger partial charge in [-0.05, 0) is 18.2 Å². The van der Waals surface area contributed by atoms with Crippen molar-refractivity contribution in [3.63, 3.8) is 0 Å². The zero-order valence-corrected chi connectivity index (χ0v) is 8.75. The number of hydrogen-bond acceptors (Lipinski definition) is 2. The van der Waals surface area contributed by atoms with Gasteiger partial charge in [-0.3, -0.25) is 0 Å². The molecular weight excluding hydrogens is 225 g/mol. The van der Waals surface area contributed by atoms with Crippen LogP contribution in [-0.2, 0) is 0 Å². The Bertz CT molecular complexity index is 391. The number of nitrogens with zero attached hydrogens (tertiary/aromatic N) is 1. The molecule has 1 heterocycles. The third kappa shape index (κ3) is 2.02. The van der Waals surface area contributed by atoms with Crippen molar-refractivity contribution in [3.8, 4) is 10.6 Å². The van der Waals surface area contributed by atoms with Crippen molar-refractivity contribution in [2.45, 2.75) is 0 Å². The summed E-state index contributed by atoms with van der Waals surface area (Å²) in [5.74, 6) is 0. The van der Waals surface area contributed by atoms with Gasteiger partial charge in [-0.15, -0.1) is 11.3 Å². The van der Waals surface area contributed by atoms with Crippen LogP contribution in [0.4, 0.5) is 0 Å². The summed E-state index contributed by atoms with van der Waals surface area (Å²) in [5.41, 5.74) is 0.934. The van der Waals surface area contributed by atoms with Gasteiger partial charge in [0.1, 0.15) is 5.01 Å². The minimum absolute atomic E-state index is 0.623. The third-order valence-electron chi connectivity index (χ3n) is 1.50. The third-order valence-corrected chi connectivity index (χ3v) is 2.69. The predicted octanol–water partition coefficient (Wildman–Crippen LogP) is 3.92. The predicted molar refractivity (Wildman–Crippen MR) is 56.4 cm³/mol. The minimum Gasteiger partial charge on any atom is -0.244 e. The van der Waals surface area contributed by atoms with E-state index in [2.05, 4.69) is 10.4 Å². The van der Waals surface area contributed by atoms with Gasteiger partial charge in [-0.25, -0.2) is 4.98 Å². The van der Waals surface area contributed by atoms with Crippen molar-refractivity contribution in [1.82, 2.24) is 4.98 Å². The van der Waals surface area contributed by atoms with Crippen LogP contribution in [0.1, 0.15) is 0 Å². The maximum Gasteiger partial charge on any atom is 0.124 e. The zero-order chi connectivity index (χ0) is 9.26. The molecule has 1 radical (unpaired) electrons. The Hall–Kier alpha value is -0.570. The van der Waals surface area contributed by atoms with E-state index < -0.39 is 0 Å². The maximum absolute atomic E-state index is 5.85. The van der Waals surface area contributed by atoms with Crippen LogP contribution in [-0.4, -0.2) is 4.98 Å². The highest BCUT2D eigenvalue weighted by Crippen LogP contribution is 2.27. The molecule has 0 N–H and O–H groups in total. The summed E-state index contributed by atoms with van der Waals surface area (Å²) >= 11 is 13.1. The van der Waals surface area contributed by atoms with Crippen molar-refractivity contribution < 1.29 is 0 Å². The molecule has 0 aliphatic carbocycles. The molecule has 65 valence electrons. The topological polar surface area (TPSA) is 12.9 Å². The quantitative estimate of drug-likeness (QED) is 0.722. The normalized spacial score (nSPS) is 10.3. The Kier molecular flexibility index (Phi) is 2.54. The molecule has 2 aromatic rings. The molecule has 0 fully saturated rings. The molecule has 0 amide bonds. The lowest BCUT2D eigenvalue weighted by Crippen LogP contribution is -1.75. The lowest BCUT2D eigenvalue weighted by Gasteiger charge is -1.98. The first-order valence-electron chi connectivity index (χ1n) is 3.54. The Morgan fingerprint density at radius 1 is 1.15 bits per heavy atom. The minimum atomic E-state index is 0.623. The average molecular weight is 229 g/mol. The number of rotatable bonds is 1. The van der Waals surface area contributed by atoms with Gasteiger partial charge in [0, 0.05) is 21.8 Å². The van der Waals surface area contributed by atoms with E-state index in [1.54, 1.807) is 12.3 Å². The van der Waals surface area contributed by atoms with Crippen LogP contribution in [0.5, 0.6) is 0 Å². The van der Waals surface area contributed by atoms with Gasteiger partial charge in [0.2, 0.25) is 0 Å². The molecule has 0 unspecified atom stereocenters. The number of aromatic nitrogens is 1. The molecule has 0 aliphatic rings. The summed E-state index contributed by atoms with van der Waals surface area (Å²) in [5, 5.41) is 5.04. The van der Waals surface area contributed by atoms with Crippen LogP contribution in [0.3, 0.4) is 0 Å². The average Bonchev–Trinajstić information content (AvgIpc) is 2.53.